The number of amides is 2. The number of aliphatic hydroxyl groups is 1. The van der Waals surface area contributed by atoms with Gasteiger partial charge in [-0.25, -0.2) is 4.79 Å². The lowest BCUT2D eigenvalue weighted by molar-refractivity contribution is 0.216. The van der Waals surface area contributed by atoms with E-state index in [9.17, 15) is 8.90 Å². The van der Waals surface area contributed by atoms with Crippen LogP contribution < -0.4 is 5.32 Å². The van der Waals surface area contributed by atoms with E-state index in [1.54, 1.807) is 4.90 Å². The van der Waals surface area contributed by atoms with Crippen LogP contribution in [0, 0.1) is 0 Å². The molecule has 2 N–H and O–H groups in total. The van der Waals surface area contributed by atoms with Crippen molar-refractivity contribution in [2.45, 2.75) is 25.3 Å². The quantitative estimate of drug-likeness (QED) is 0.523. The molecule has 1 saturated heterocycles. The van der Waals surface area contributed by atoms with Gasteiger partial charge >= 0.3 is 15.2 Å². The summed E-state index contributed by atoms with van der Waals surface area (Å²) < 4.78 is 13.3. The maximum absolute atomic E-state index is 13.3. The second-order valence-corrected chi connectivity index (χ2v) is 5.74. The molecule has 2 amide bonds. The molecule has 1 heterocycles. The molecule has 0 aromatic rings. The lowest BCUT2D eigenvalue weighted by Gasteiger charge is -2.19. The zero-order valence-electron chi connectivity index (χ0n) is 9.00. The largest absolute Gasteiger partial charge is 0.397 e. The third-order valence-corrected chi connectivity index (χ3v) is 4.66. The fourth-order valence-corrected chi connectivity index (χ4v) is 2.89. The zero-order chi connectivity index (χ0) is 11.3. The van der Waals surface area contributed by atoms with Gasteiger partial charge in [0.25, 0.3) is 0 Å². The number of carbonyl (C=O) groups is 1. The van der Waals surface area contributed by atoms with E-state index >= 15 is 0 Å². The van der Waals surface area contributed by atoms with Gasteiger partial charge in [0, 0.05) is 19.6 Å². The molecule has 0 saturated carbocycles. The maximum Gasteiger partial charge on any atom is 0.317 e. The molecule has 1 radical (unpaired) electrons. The molecule has 0 aromatic heterocycles. The van der Waals surface area contributed by atoms with Crippen molar-refractivity contribution in [1.29, 1.82) is 0 Å². The van der Waals surface area contributed by atoms with E-state index in [0.717, 1.165) is 6.42 Å². The van der Waals surface area contributed by atoms with Crippen molar-refractivity contribution in [1.82, 2.24) is 10.2 Å². The van der Waals surface area contributed by atoms with Crippen LogP contribution in [0.15, 0.2) is 0 Å². The molecule has 0 spiro atoms. The summed E-state index contributed by atoms with van der Waals surface area (Å²) >= 11 is 0. The van der Waals surface area contributed by atoms with E-state index in [2.05, 4.69) is 5.32 Å². The molecule has 6 heteroatoms. The summed E-state index contributed by atoms with van der Waals surface area (Å²) in [6, 6.07) is -0.0542. The number of nitrogens with one attached hydrogen (secondary N) is 1. The van der Waals surface area contributed by atoms with E-state index in [1.807, 2.05) is 6.92 Å². The highest BCUT2D eigenvalue weighted by Gasteiger charge is 2.25. The van der Waals surface area contributed by atoms with Crippen LogP contribution in [-0.4, -0.2) is 51.0 Å². The van der Waals surface area contributed by atoms with Gasteiger partial charge in [-0.1, -0.05) is 13.3 Å². The van der Waals surface area contributed by atoms with E-state index < -0.39 is 9.13 Å². The topological polar surface area (TPSA) is 52.6 Å². The molecular weight excluding hydrogens is 215 g/mol. The summed E-state index contributed by atoms with van der Waals surface area (Å²) in [5.74, 6) is 0. The molecule has 0 bridgehead atoms. The smallest absolute Gasteiger partial charge is 0.317 e. The van der Waals surface area contributed by atoms with Gasteiger partial charge in [0.05, 0.1) is 6.23 Å². The van der Waals surface area contributed by atoms with Gasteiger partial charge < -0.3 is 19.4 Å². The Morgan fingerprint density at radius 3 is 2.93 bits per heavy atom. The van der Waals surface area contributed by atoms with Crippen LogP contribution in [-0.2, 0) is 0 Å². The number of carbonyl (C=O) groups excluding carboxylic acids is 1. The molecule has 1 atom stereocenters. The van der Waals surface area contributed by atoms with Crippen molar-refractivity contribution in [2.24, 2.45) is 0 Å². The minimum Gasteiger partial charge on any atom is -0.397 e. The Bertz CT molecular complexity index is 218. The first kappa shape index (κ1) is 12.4. The molecule has 15 heavy (non-hydrogen) atoms. The van der Waals surface area contributed by atoms with Crippen LogP contribution in [0.5, 0.6) is 0 Å². The number of aliphatic hydroxyl groups excluding tert-OH is 1. The van der Waals surface area contributed by atoms with E-state index in [0.29, 0.717) is 26.1 Å². The molecule has 1 aliphatic heterocycles. The minimum absolute atomic E-state index is 0.0478. The number of hydrogen-bond acceptors (Lipinski definition) is 2. The first-order chi connectivity index (χ1) is 7.19. The van der Waals surface area contributed by atoms with Gasteiger partial charge in [-0.3, -0.25) is 0 Å². The average molecular weight is 233 g/mol. The summed E-state index contributed by atoms with van der Waals surface area (Å²) in [5, 5.41) is 11.5. The van der Waals surface area contributed by atoms with Gasteiger partial charge in [-0.15, -0.1) is 0 Å². The van der Waals surface area contributed by atoms with Crippen LogP contribution in [0.1, 0.15) is 19.8 Å². The summed E-state index contributed by atoms with van der Waals surface area (Å²) in [4.78, 5) is 12.9. The molecule has 0 aromatic carbocycles. The second-order valence-electron chi connectivity index (χ2n) is 3.72. The van der Waals surface area contributed by atoms with Gasteiger partial charge in [-0.05, 0) is 12.0 Å². The first-order valence-corrected chi connectivity index (χ1v) is 7.00. The maximum atomic E-state index is 13.3. The third-order valence-electron chi connectivity index (χ3n) is 2.78. The summed E-state index contributed by atoms with van der Waals surface area (Å²) in [5.41, 5.74) is -0.0478. The number of hydrogen-bond donors (Lipinski definition) is 2. The predicted molar refractivity (Wildman–Crippen MR) is 57.6 cm³/mol. The van der Waals surface area contributed by atoms with E-state index in [4.69, 9.17) is 5.11 Å². The molecule has 1 unspecified atom stereocenters. The van der Waals surface area contributed by atoms with Crippen molar-refractivity contribution >= 4 is 15.2 Å². The lowest BCUT2D eigenvalue weighted by atomic mass is 10.2. The Balaban J connectivity index is 2.30. The molecule has 1 aliphatic rings. The van der Waals surface area contributed by atoms with Crippen LogP contribution >= 0.6 is 0 Å². The van der Waals surface area contributed by atoms with E-state index in [1.165, 1.54) is 0 Å². The number of nitrogens with zero attached hydrogens (tertiary/aromatic N) is 1. The van der Waals surface area contributed by atoms with Crippen molar-refractivity contribution < 1.29 is 14.0 Å². The van der Waals surface area contributed by atoms with Gasteiger partial charge in [0.1, 0.15) is 0 Å². The highest BCUT2D eigenvalue weighted by atomic mass is 28.3. The van der Waals surface area contributed by atoms with Crippen molar-refractivity contribution in [2.75, 3.05) is 25.9 Å². The van der Waals surface area contributed by atoms with Gasteiger partial charge in [-0.2, -0.15) is 0 Å². The van der Waals surface area contributed by atoms with Crippen LogP contribution in [0.25, 0.3) is 0 Å². The predicted octanol–water partition coefficient (Wildman–Crippen LogP) is 0.674. The molecule has 4 nitrogen and oxygen atoms in total. The summed E-state index contributed by atoms with van der Waals surface area (Å²) in [6.07, 6.45) is 1.07. The van der Waals surface area contributed by atoms with Crippen LogP contribution in [0.3, 0.4) is 0 Å². The minimum atomic E-state index is -2.13. The Morgan fingerprint density at radius 1 is 1.73 bits per heavy atom. The average Bonchev–Trinajstić information content (AvgIpc) is 2.65. The molecule has 1 fully saturated rings. The number of rotatable bonds is 6. The SMILES string of the molecule is CCC(CCN1CCNC1=O)[Si](F)CO. The Morgan fingerprint density at radius 2 is 2.47 bits per heavy atom. The Labute approximate surface area is 91.2 Å². The van der Waals surface area contributed by atoms with E-state index in [-0.39, 0.29) is 17.8 Å². The zero-order valence-corrected chi connectivity index (χ0v) is 10.0. The molecular formula is C9H18FN2O2Si. The molecule has 1 rings (SSSR count). The summed E-state index contributed by atoms with van der Waals surface area (Å²) in [6.45, 7) is 3.92. The van der Waals surface area contributed by atoms with Crippen molar-refractivity contribution in [3.8, 4) is 0 Å². The van der Waals surface area contributed by atoms with Crippen molar-refractivity contribution in [3.05, 3.63) is 0 Å². The molecule has 0 aliphatic carbocycles. The standard InChI is InChI=1S/C9H18FN2O2Si/c1-2-8(15(10)7-13)3-5-12-6-4-11-9(12)14/h8,13H,2-7H2,1H3,(H,11,14). The fourth-order valence-electron chi connectivity index (χ4n) is 1.75. The monoisotopic (exact) mass is 233 g/mol. The fraction of sp³-hybridized carbons (Fsp3) is 0.889. The van der Waals surface area contributed by atoms with Crippen LogP contribution in [0.4, 0.5) is 8.90 Å². The van der Waals surface area contributed by atoms with Gasteiger partial charge in [0.15, 0.2) is 0 Å². The van der Waals surface area contributed by atoms with Gasteiger partial charge in [0.2, 0.25) is 0 Å². The second kappa shape index (κ2) is 6.07. The number of halogens is 1. The Kier molecular flexibility index (Phi) is 5.03. The Hall–Kier alpha value is -0.623. The number of urea groups is 1. The summed E-state index contributed by atoms with van der Waals surface area (Å²) in [7, 11) is -2.13. The third kappa shape index (κ3) is 3.46. The lowest BCUT2D eigenvalue weighted by Crippen LogP contribution is -2.31. The normalized spacial score (nSPS) is 18.4. The highest BCUT2D eigenvalue weighted by molar-refractivity contribution is 6.52. The highest BCUT2D eigenvalue weighted by Crippen LogP contribution is 2.21. The van der Waals surface area contributed by atoms with Crippen LogP contribution in [0.2, 0.25) is 5.54 Å². The first-order valence-electron chi connectivity index (χ1n) is 5.33. The van der Waals surface area contributed by atoms with Crippen molar-refractivity contribution in [3.63, 3.8) is 0 Å². The molecule has 87 valence electrons.